The Labute approximate surface area is 115 Å². The van der Waals surface area contributed by atoms with Crippen molar-refractivity contribution >= 4 is 13.1 Å². The van der Waals surface area contributed by atoms with Crippen LogP contribution >= 0.6 is 0 Å². The summed E-state index contributed by atoms with van der Waals surface area (Å²) in [5.74, 6) is -1.38. The maximum Gasteiger partial charge on any atom is 0.456 e. The topological polar surface area (TPSA) is 108 Å². The van der Waals surface area contributed by atoms with Crippen molar-refractivity contribution in [2.45, 2.75) is 19.3 Å². The highest BCUT2D eigenvalue weighted by Gasteiger charge is 2.19. The number of rotatable bonds is 5. The first-order valence-electron chi connectivity index (χ1n) is 6.07. The van der Waals surface area contributed by atoms with Gasteiger partial charge in [0.1, 0.15) is 5.69 Å². The molecular formula is C12H14BN3O4. The first-order valence-corrected chi connectivity index (χ1v) is 6.07. The Morgan fingerprint density at radius 2 is 2.20 bits per heavy atom. The van der Waals surface area contributed by atoms with Crippen LogP contribution in [0.3, 0.4) is 0 Å². The third-order valence-electron chi connectivity index (χ3n) is 2.93. The van der Waals surface area contributed by atoms with Gasteiger partial charge in [-0.1, -0.05) is 24.3 Å². The predicted molar refractivity (Wildman–Crippen MR) is 72.0 cm³/mol. The highest BCUT2D eigenvalue weighted by atomic mass is 16.4. The van der Waals surface area contributed by atoms with Crippen LogP contribution in [0.15, 0.2) is 30.5 Å². The lowest BCUT2D eigenvalue weighted by Gasteiger charge is -2.08. The van der Waals surface area contributed by atoms with Crippen molar-refractivity contribution < 1.29 is 19.9 Å². The molecule has 2 aromatic rings. The Kier molecular flexibility index (Phi) is 4.16. The van der Waals surface area contributed by atoms with Gasteiger partial charge in [0, 0.05) is 17.9 Å². The van der Waals surface area contributed by atoms with Crippen LogP contribution in [0, 0.1) is 0 Å². The average molecular weight is 275 g/mol. The minimum atomic E-state index is -1.42. The molecule has 0 saturated heterocycles. The summed E-state index contributed by atoms with van der Waals surface area (Å²) in [6.07, 6.45) is 1.64. The predicted octanol–water partition coefficient (Wildman–Crippen LogP) is 0.506. The fourth-order valence-electron chi connectivity index (χ4n) is 1.72. The standard InChI is InChI=1S/C12H14BN3O4/c1-8(13(19)20)6-16-7-11(14-15-16)9-3-2-4-10(5-9)12(17)18/h2-5,7-8,19-20H,6H2,1H3,(H,17,18)/t8-/m0/s1. The van der Waals surface area contributed by atoms with Crippen LogP contribution in [0.2, 0.25) is 5.82 Å². The Hall–Kier alpha value is -2.19. The van der Waals surface area contributed by atoms with Gasteiger partial charge in [-0.05, 0) is 12.1 Å². The lowest BCUT2D eigenvalue weighted by molar-refractivity contribution is 0.0697. The Balaban J connectivity index is 2.20. The Bertz CT molecular complexity index is 614. The summed E-state index contributed by atoms with van der Waals surface area (Å²) in [6, 6.07) is 6.39. The molecule has 0 aliphatic heterocycles. The maximum atomic E-state index is 10.9. The number of hydrogen-bond acceptors (Lipinski definition) is 5. The van der Waals surface area contributed by atoms with E-state index in [-0.39, 0.29) is 11.4 Å². The summed E-state index contributed by atoms with van der Waals surface area (Å²) >= 11 is 0. The Morgan fingerprint density at radius 1 is 1.45 bits per heavy atom. The molecule has 0 aliphatic rings. The van der Waals surface area contributed by atoms with Crippen LogP contribution in [0.25, 0.3) is 11.3 Å². The first kappa shape index (κ1) is 14.2. The number of aromatic nitrogens is 3. The van der Waals surface area contributed by atoms with Gasteiger partial charge in [0.2, 0.25) is 0 Å². The van der Waals surface area contributed by atoms with Crippen LogP contribution in [0.4, 0.5) is 0 Å². The van der Waals surface area contributed by atoms with Gasteiger partial charge in [-0.3, -0.25) is 4.68 Å². The van der Waals surface area contributed by atoms with Crippen molar-refractivity contribution in [3.8, 4) is 11.3 Å². The van der Waals surface area contributed by atoms with E-state index < -0.39 is 13.1 Å². The molecule has 0 spiro atoms. The number of carboxylic acid groups (broad SMARTS) is 1. The highest BCUT2D eigenvalue weighted by molar-refractivity contribution is 6.42. The van der Waals surface area contributed by atoms with Gasteiger partial charge >= 0.3 is 13.1 Å². The van der Waals surface area contributed by atoms with Crippen molar-refractivity contribution in [3.63, 3.8) is 0 Å². The quantitative estimate of drug-likeness (QED) is 0.686. The second-order valence-electron chi connectivity index (χ2n) is 4.60. The molecule has 1 aromatic carbocycles. The molecule has 3 N–H and O–H groups in total. The average Bonchev–Trinajstić information content (AvgIpc) is 2.87. The molecule has 7 nitrogen and oxygen atoms in total. The number of carboxylic acids is 1. The number of benzene rings is 1. The van der Waals surface area contributed by atoms with Gasteiger partial charge in [0.05, 0.1) is 11.8 Å². The lowest BCUT2D eigenvalue weighted by Crippen LogP contribution is -2.22. The Morgan fingerprint density at radius 3 is 2.85 bits per heavy atom. The van der Waals surface area contributed by atoms with E-state index >= 15 is 0 Å². The van der Waals surface area contributed by atoms with Gasteiger partial charge in [0.15, 0.2) is 0 Å². The third-order valence-corrected chi connectivity index (χ3v) is 2.93. The molecule has 1 atom stereocenters. The van der Waals surface area contributed by atoms with Gasteiger partial charge in [-0.2, -0.15) is 0 Å². The molecule has 1 aromatic heterocycles. The molecular weight excluding hydrogens is 261 g/mol. The highest BCUT2D eigenvalue weighted by Crippen LogP contribution is 2.18. The first-order chi connectivity index (χ1) is 9.47. The van der Waals surface area contributed by atoms with Crippen molar-refractivity contribution in [2.75, 3.05) is 0 Å². The van der Waals surface area contributed by atoms with Gasteiger partial charge in [-0.15, -0.1) is 5.10 Å². The molecule has 0 fully saturated rings. The molecule has 0 radical (unpaired) electrons. The van der Waals surface area contributed by atoms with E-state index in [9.17, 15) is 4.79 Å². The molecule has 0 bridgehead atoms. The molecule has 8 heteroatoms. The van der Waals surface area contributed by atoms with E-state index in [1.807, 2.05) is 0 Å². The maximum absolute atomic E-state index is 10.9. The minimum absolute atomic E-state index is 0.177. The second kappa shape index (κ2) is 5.85. The number of aromatic carboxylic acids is 1. The van der Waals surface area contributed by atoms with Gasteiger partial charge in [-0.25, -0.2) is 4.79 Å². The van der Waals surface area contributed by atoms with Crippen molar-refractivity contribution in [1.29, 1.82) is 0 Å². The molecule has 0 aliphatic carbocycles. The largest absolute Gasteiger partial charge is 0.478 e. The summed E-state index contributed by atoms with van der Waals surface area (Å²) in [7, 11) is -1.42. The molecule has 20 heavy (non-hydrogen) atoms. The monoisotopic (exact) mass is 275 g/mol. The van der Waals surface area contributed by atoms with E-state index in [0.717, 1.165) is 0 Å². The van der Waals surface area contributed by atoms with E-state index in [2.05, 4.69) is 10.3 Å². The van der Waals surface area contributed by atoms with Crippen LogP contribution in [-0.2, 0) is 6.54 Å². The second-order valence-corrected chi connectivity index (χ2v) is 4.60. The number of nitrogens with zero attached hydrogens (tertiary/aromatic N) is 3. The summed E-state index contributed by atoms with van der Waals surface area (Å²) in [5, 5.41) is 34.9. The van der Waals surface area contributed by atoms with E-state index in [0.29, 0.717) is 17.8 Å². The summed E-state index contributed by atoms with van der Waals surface area (Å²) in [6.45, 7) is 1.99. The molecule has 0 unspecified atom stereocenters. The summed E-state index contributed by atoms with van der Waals surface area (Å²) in [5.41, 5.74) is 1.36. The van der Waals surface area contributed by atoms with Crippen molar-refractivity contribution in [3.05, 3.63) is 36.0 Å². The molecule has 0 saturated carbocycles. The lowest BCUT2D eigenvalue weighted by atomic mass is 9.74. The SMILES string of the molecule is C[C@@H](Cn1cc(-c2cccc(C(=O)O)c2)nn1)B(O)O. The zero-order valence-electron chi connectivity index (χ0n) is 10.8. The molecule has 104 valence electrons. The van der Waals surface area contributed by atoms with E-state index in [4.69, 9.17) is 15.2 Å². The van der Waals surface area contributed by atoms with Crippen molar-refractivity contribution in [2.24, 2.45) is 0 Å². The van der Waals surface area contributed by atoms with Crippen LogP contribution in [0.5, 0.6) is 0 Å². The summed E-state index contributed by atoms with van der Waals surface area (Å²) in [4.78, 5) is 10.9. The fourth-order valence-corrected chi connectivity index (χ4v) is 1.72. The van der Waals surface area contributed by atoms with Crippen LogP contribution < -0.4 is 0 Å². The van der Waals surface area contributed by atoms with Crippen molar-refractivity contribution in [1.82, 2.24) is 15.0 Å². The molecule has 0 amide bonds. The number of carbonyl (C=O) groups is 1. The third kappa shape index (κ3) is 3.22. The van der Waals surface area contributed by atoms with E-state index in [1.54, 1.807) is 25.3 Å². The summed E-state index contributed by atoms with van der Waals surface area (Å²) < 4.78 is 1.49. The zero-order chi connectivity index (χ0) is 14.7. The van der Waals surface area contributed by atoms with Gasteiger partial charge < -0.3 is 15.2 Å². The molecule has 1 heterocycles. The van der Waals surface area contributed by atoms with Crippen LogP contribution in [0.1, 0.15) is 17.3 Å². The minimum Gasteiger partial charge on any atom is -0.478 e. The normalized spacial score (nSPS) is 12.2. The van der Waals surface area contributed by atoms with E-state index in [1.165, 1.54) is 16.8 Å². The smallest absolute Gasteiger partial charge is 0.456 e. The zero-order valence-corrected chi connectivity index (χ0v) is 10.8. The molecule has 2 rings (SSSR count). The fraction of sp³-hybridized carbons (Fsp3) is 0.250. The van der Waals surface area contributed by atoms with Gasteiger partial charge in [0.25, 0.3) is 0 Å². The number of hydrogen-bond donors (Lipinski definition) is 3. The van der Waals surface area contributed by atoms with Crippen LogP contribution in [-0.4, -0.2) is 43.2 Å².